The van der Waals surface area contributed by atoms with E-state index in [9.17, 15) is 0 Å². The molecule has 1 unspecified atom stereocenters. The molecule has 0 spiro atoms. The Morgan fingerprint density at radius 3 is 2.29 bits per heavy atom. The number of benzene rings is 1. The van der Waals surface area contributed by atoms with Crippen LogP contribution in [-0.4, -0.2) is 4.57 Å². The first kappa shape index (κ1) is 14.8. The molecular formula is C13H12Cl2NZr. The van der Waals surface area contributed by atoms with Gasteiger partial charge in [0.15, 0.2) is 0 Å². The van der Waals surface area contributed by atoms with Crippen molar-refractivity contribution in [2.45, 2.75) is 3.25 Å². The maximum atomic E-state index is 2.30. The number of hydrogen-bond acceptors (Lipinski definition) is 0. The third kappa shape index (κ3) is 2.31. The van der Waals surface area contributed by atoms with E-state index in [0.717, 1.165) is 0 Å². The van der Waals surface area contributed by atoms with E-state index in [-0.39, 0.29) is 28.1 Å². The molecule has 3 rings (SSSR count). The minimum atomic E-state index is 0. The van der Waals surface area contributed by atoms with Gasteiger partial charge in [-0.15, -0.1) is 24.8 Å². The molecule has 4 heteroatoms. The van der Waals surface area contributed by atoms with Gasteiger partial charge in [-0.05, 0) is 0 Å². The molecule has 2 aromatic rings. The third-order valence-electron chi connectivity index (χ3n) is 2.89. The van der Waals surface area contributed by atoms with Gasteiger partial charge in [-0.25, -0.2) is 0 Å². The second-order valence-electron chi connectivity index (χ2n) is 3.78. The van der Waals surface area contributed by atoms with Crippen molar-refractivity contribution < 1.29 is 24.7 Å². The van der Waals surface area contributed by atoms with Crippen molar-refractivity contribution >= 4 is 30.9 Å². The van der Waals surface area contributed by atoms with E-state index < -0.39 is 0 Å². The van der Waals surface area contributed by atoms with Crippen LogP contribution >= 0.6 is 24.8 Å². The van der Waals surface area contributed by atoms with Gasteiger partial charge in [0.2, 0.25) is 0 Å². The Balaban J connectivity index is 0.000000722. The summed E-state index contributed by atoms with van der Waals surface area (Å²) in [5.74, 6) is 0. The summed E-state index contributed by atoms with van der Waals surface area (Å²) in [6, 6.07) is 12.8. The second kappa shape index (κ2) is 5.56. The Kier molecular flexibility index (Phi) is 4.83. The molecule has 0 N–H and O–H groups in total. The quantitative estimate of drug-likeness (QED) is 0.745. The van der Waals surface area contributed by atoms with Crippen molar-refractivity contribution in [1.82, 2.24) is 4.57 Å². The van der Waals surface area contributed by atoms with Crippen LogP contribution in [0.15, 0.2) is 54.9 Å². The SMILES string of the molecule is Cl.Cl.[Zr][C]1(n2cccc2)C=Cc2ccccc21. The van der Waals surface area contributed by atoms with Crippen LogP contribution in [0.25, 0.3) is 6.08 Å². The summed E-state index contributed by atoms with van der Waals surface area (Å²) in [4.78, 5) is 0. The Morgan fingerprint density at radius 1 is 0.941 bits per heavy atom. The number of nitrogens with zero attached hydrogens (tertiary/aromatic N) is 1. The summed E-state index contributed by atoms with van der Waals surface area (Å²) >= 11 is 1.50. The molecule has 1 aromatic heterocycles. The summed E-state index contributed by atoms with van der Waals surface area (Å²) in [5, 5.41) is 0. The van der Waals surface area contributed by atoms with Crippen LogP contribution in [0.5, 0.6) is 0 Å². The zero-order valence-electron chi connectivity index (χ0n) is 9.04. The molecule has 1 heterocycles. The maximum absolute atomic E-state index is 2.30. The number of fused-ring (bicyclic) bond motifs is 1. The summed E-state index contributed by atoms with van der Waals surface area (Å²) < 4.78 is 2.36. The van der Waals surface area contributed by atoms with Crippen LogP contribution in [0.3, 0.4) is 0 Å². The van der Waals surface area contributed by atoms with E-state index in [2.05, 4.69) is 65.5 Å². The fraction of sp³-hybridized carbons (Fsp3) is 0.0769. The monoisotopic (exact) mass is 342 g/mol. The van der Waals surface area contributed by atoms with Gasteiger partial charge < -0.3 is 0 Å². The van der Waals surface area contributed by atoms with E-state index in [4.69, 9.17) is 0 Å². The van der Waals surface area contributed by atoms with Crippen molar-refractivity contribution in [3.63, 3.8) is 0 Å². The van der Waals surface area contributed by atoms with Crippen LogP contribution in [-0.2, 0) is 28.0 Å². The molecule has 0 radical (unpaired) electrons. The van der Waals surface area contributed by atoms with E-state index in [1.165, 1.54) is 35.8 Å². The van der Waals surface area contributed by atoms with Crippen molar-refractivity contribution in [3.05, 3.63) is 66.0 Å². The molecule has 0 saturated carbocycles. The average molecular weight is 344 g/mol. The molecule has 1 aliphatic rings. The van der Waals surface area contributed by atoms with Crippen molar-refractivity contribution in [3.8, 4) is 0 Å². The van der Waals surface area contributed by atoms with Crippen molar-refractivity contribution in [1.29, 1.82) is 0 Å². The van der Waals surface area contributed by atoms with E-state index in [1.807, 2.05) is 0 Å². The van der Waals surface area contributed by atoms with Crippen LogP contribution in [0.1, 0.15) is 11.1 Å². The summed E-state index contributed by atoms with van der Waals surface area (Å²) in [6.07, 6.45) is 8.81. The van der Waals surface area contributed by atoms with E-state index in [0.29, 0.717) is 0 Å². The van der Waals surface area contributed by atoms with Crippen LogP contribution in [0.2, 0.25) is 0 Å². The zero-order chi connectivity index (χ0) is 10.3. The molecule has 0 bridgehead atoms. The van der Waals surface area contributed by atoms with E-state index >= 15 is 0 Å². The molecule has 1 aromatic carbocycles. The van der Waals surface area contributed by atoms with Gasteiger partial charge in [0, 0.05) is 0 Å². The number of halogens is 2. The molecule has 0 fully saturated rings. The molecule has 1 nitrogen and oxygen atoms in total. The molecular weight excluding hydrogens is 332 g/mol. The Hall–Kier alpha value is -0.297. The van der Waals surface area contributed by atoms with Crippen LogP contribution < -0.4 is 0 Å². The fourth-order valence-corrected chi connectivity index (χ4v) is 3.22. The summed E-state index contributed by atoms with van der Waals surface area (Å²) in [5.41, 5.74) is 2.77. The predicted octanol–water partition coefficient (Wildman–Crippen LogP) is 3.61. The first-order chi connectivity index (χ1) is 7.31. The molecule has 1 aliphatic carbocycles. The third-order valence-corrected chi connectivity index (χ3v) is 4.59. The summed E-state index contributed by atoms with van der Waals surface area (Å²) in [7, 11) is 0. The molecule has 17 heavy (non-hydrogen) atoms. The number of rotatable bonds is 1. The molecule has 0 aliphatic heterocycles. The van der Waals surface area contributed by atoms with Crippen molar-refractivity contribution in [2.24, 2.45) is 0 Å². The minimum absolute atomic E-state index is 0. The normalized spacial score (nSPS) is 20.2. The second-order valence-corrected chi connectivity index (χ2v) is 5.65. The van der Waals surface area contributed by atoms with Gasteiger partial charge in [0.25, 0.3) is 0 Å². The Labute approximate surface area is 129 Å². The number of allylic oxidation sites excluding steroid dienone is 1. The molecule has 87 valence electrons. The molecule has 0 amide bonds. The average Bonchev–Trinajstić information content (AvgIpc) is 2.88. The molecule has 0 saturated heterocycles. The zero-order valence-corrected chi connectivity index (χ0v) is 13.1. The van der Waals surface area contributed by atoms with Gasteiger partial charge in [0.05, 0.1) is 0 Å². The van der Waals surface area contributed by atoms with Gasteiger partial charge in [-0.3, -0.25) is 0 Å². The summed E-state index contributed by atoms with van der Waals surface area (Å²) in [6.45, 7) is 0. The Bertz CT molecular complexity index is 522. The first-order valence-corrected chi connectivity index (χ1v) is 6.21. The number of aromatic nitrogens is 1. The van der Waals surface area contributed by atoms with Gasteiger partial charge in [-0.1, -0.05) is 0 Å². The van der Waals surface area contributed by atoms with Gasteiger partial charge >= 0.3 is 105 Å². The van der Waals surface area contributed by atoms with Gasteiger partial charge in [0.1, 0.15) is 0 Å². The van der Waals surface area contributed by atoms with E-state index in [1.54, 1.807) is 0 Å². The Morgan fingerprint density at radius 2 is 1.59 bits per heavy atom. The topological polar surface area (TPSA) is 4.93 Å². The number of hydrogen-bond donors (Lipinski definition) is 0. The van der Waals surface area contributed by atoms with Gasteiger partial charge in [-0.2, -0.15) is 0 Å². The van der Waals surface area contributed by atoms with Crippen molar-refractivity contribution in [2.75, 3.05) is 0 Å². The molecule has 1 atom stereocenters. The standard InChI is InChI=1S/C13H10N.2ClH.Zr/c1-2-6-12-11(5-1)7-8-13(12)14-9-3-4-10-14;;;/h1-10H;2*1H;. The fourth-order valence-electron chi connectivity index (χ4n) is 2.08. The van der Waals surface area contributed by atoms with Crippen LogP contribution in [0.4, 0.5) is 0 Å². The van der Waals surface area contributed by atoms with Crippen LogP contribution in [0, 0.1) is 0 Å². The predicted molar refractivity (Wildman–Crippen MR) is 71.5 cm³/mol. The first-order valence-electron chi connectivity index (χ1n) is 4.98.